The van der Waals surface area contributed by atoms with Crippen molar-refractivity contribution in [2.45, 2.75) is 30.9 Å². The largest absolute Gasteiger partial charge is 0.339 e. The monoisotopic (exact) mass is 489 g/mol. The van der Waals surface area contributed by atoms with Crippen LogP contribution >= 0.6 is 11.3 Å². The summed E-state index contributed by atoms with van der Waals surface area (Å²) in [5.41, 5.74) is 1.78. The molecule has 4 rings (SSSR count). The van der Waals surface area contributed by atoms with Crippen LogP contribution in [0.3, 0.4) is 0 Å². The Kier molecular flexibility index (Phi) is 6.58. The number of rotatable bonds is 6. The van der Waals surface area contributed by atoms with Crippen molar-refractivity contribution < 1.29 is 22.5 Å². The highest BCUT2D eigenvalue weighted by molar-refractivity contribution is 7.91. The first-order valence-corrected chi connectivity index (χ1v) is 12.6. The van der Waals surface area contributed by atoms with Gasteiger partial charge in [0.1, 0.15) is 4.21 Å². The standard InChI is InChI=1S/C21H23N5O5S2/c1-13(27)22-17-5-7-18(8-6-17)24-21(28)15-4-3-9-26(11-15)33(29,30)19-10-16(12-32-19)20-23-14(2)31-25-20/h5-8,10,12,15H,3-4,9,11H2,1-2H3,(H,22,27)(H,24,28)/t15-/m1/s1. The van der Waals surface area contributed by atoms with Gasteiger partial charge >= 0.3 is 0 Å². The summed E-state index contributed by atoms with van der Waals surface area (Å²) in [5.74, 6) is -0.152. The summed E-state index contributed by atoms with van der Waals surface area (Å²) in [4.78, 5) is 28.1. The number of hydrogen-bond donors (Lipinski definition) is 2. The molecule has 1 atom stereocenters. The maximum absolute atomic E-state index is 13.2. The van der Waals surface area contributed by atoms with Crippen molar-refractivity contribution in [2.75, 3.05) is 23.7 Å². The highest BCUT2D eigenvalue weighted by Crippen LogP contribution is 2.31. The molecule has 2 N–H and O–H groups in total. The Morgan fingerprint density at radius 3 is 2.52 bits per heavy atom. The lowest BCUT2D eigenvalue weighted by molar-refractivity contribution is -0.121. The number of nitrogens with one attached hydrogen (secondary N) is 2. The molecule has 33 heavy (non-hydrogen) atoms. The van der Waals surface area contributed by atoms with Crippen LogP contribution < -0.4 is 10.6 Å². The molecule has 3 aromatic rings. The summed E-state index contributed by atoms with van der Waals surface area (Å²) >= 11 is 1.09. The molecule has 0 radical (unpaired) electrons. The first-order valence-electron chi connectivity index (χ1n) is 10.3. The molecule has 1 aliphatic heterocycles. The molecule has 174 valence electrons. The normalized spacial score (nSPS) is 17.0. The lowest BCUT2D eigenvalue weighted by Gasteiger charge is -2.30. The van der Waals surface area contributed by atoms with Crippen molar-refractivity contribution in [3.63, 3.8) is 0 Å². The summed E-state index contributed by atoms with van der Waals surface area (Å²) in [5, 5.41) is 11.0. The van der Waals surface area contributed by atoms with E-state index in [9.17, 15) is 18.0 Å². The number of benzene rings is 1. The number of aromatic nitrogens is 2. The zero-order valence-electron chi connectivity index (χ0n) is 18.1. The molecule has 10 nitrogen and oxygen atoms in total. The van der Waals surface area contributed by atoms with E-state index in [1.807, 2.05) is 0 Å². The summed E-state index contributed by atoms with van der Waals surface area (Å²) < 4.78 is 32.9. The highest BCUT2D eigenvalue weighted by atomic mass is 32.2. The molecule has 1 aliphatic rings. The number of carbonyl (C=O) groups is 2. The third kappa shape index (κ3) is 5.29. The van der Waals surface area contributed by atoms with E-state index in [0.717, 1.165) is 11.3 Å². The second-order valence-electron chi connectivity index (χ2n) is 7.74. The van der Waals surface area contributed by atoms with Crippen molar-refractivity contribution in [3.8, 4) is 11.4 Å². The van der Waals surface area contributed by atoms with Crippen LogP contribution in [0.5, 0.6) is 0 Å². The molecule has 3 heterocycles. The Balaban J connectivity index is 1.42. The first kappa shape index (κ1) is 23.1. The molecule has 0 aliphatic carbocycles. The average molecular weight is 490 g/mol. The van der Waals surface area contributed by atoms with Gasteiger partial charge in [-0.25, -0.2) is 8.42 Å². The lowest BCUT2D eigenvalue weighted by Crippen LogP contribution is -2.43. The van der Waals surface area contributed by atoms with Crippen LogP contribution in [0.15, 0.2) is 44.4 Å². The summed E-state index contributed by atoms with van der Waals surface area (Å²) in [6.45, 7) is 3.54. The topological polar surface area (TPSA) is 134 Å². The second kappa shape index (κ2) is 9.41. The Morgan fingerprint density at radius 1 is 1.18 bits per heavy atom. The van der Waals surface area contributed by atoms with Gasteiger partial charge in [-0.3, -0.25) is 9.59 Å². The van der Waals surface area contributed by atoms with E-state index in [0.29, 0.717) is 48.0 Å². The van der Waals surface area contributed by atoms with E-state index in [-0.39, 0.29) is 22.6 Å². The average Bonchev–Trinajstić information content (AvgIpc) is 3.44. The van der Waals surface area contributed by atoms with Crippen molar-refractivity contribution >= 4 is 44.5 Å². The molecule has 1 saturated heterocycles. The predicted molar refractivity (Wildman–Crippen MR) is 123 cm³/mol. The Morgan fingerprint density at radius 2 is 1.88 bits per heavy atom. The number of aryl methyl sites for hydroxylation is 1. The molecule has 1 fully saturated rings. The molecular formula is C21H23N5O5S2. The van der Waals surface area contributed by atoms with Crippen LogP contribution in [0.4, 0.5) is 11.4 Å². The van der Waals surface area contributed by atoms with Crippen LogP contribution in [0.1, 0.15) is 25.7 Å². The number of thiophene rings is 1. The van der Waals surface area contributed by atoms with Gasteiger partial charge in [-0.05, 0) is 43.2 Å². The molecule has 1 aromatic carbocycles. The Bertz CT molecular complexity index is 1270. The number of amides is 2. The molecule has 0 spiro atoms. The van der Waals surface area contributed by atoms with Crippen LogP contribution in [0.2, 0.25) is 0 Å². The van der Waals surface area contributed by atoms with Crippen LogP contribution in [-0.2, 0) is 19.6 Å². The molecule has 0 unspecified atom stereocenters. The van der Waals surface area contributed by atoms with E-state index in [4.69, 9.17) is 4.52 Å². The number of carbonyl (C=O) groups excluding carboxylic acids is 2. The van der Waals surface area contributed by atoms with Gasteiger partial charge in [0.25, 0.3) is 10.0 Å². The molecule has 12 heteroatoms. The van der Waals surface area contributed by atoms with Crippen LogP contribution in [0.25, 0.3) is 11.4 Å². The minimum absolute atomic E-state index is 0.104. The minimum Gasteiger partial charge on any atom is -0.339 e. The molecule has 0 bridgehead atoms. The summed E-state index contributed by atoms with van der Waals surface area (Å²) in [6, 6.07) is 8.29. The molecule has 0 saturated carbocycles. The second-order valence-corrected chi connectivity index (χ2v) is 10.8. The summed E-state index contributed by atoms with van der Waals surface area (Å²) in [7, 11) is -3.75. The van der Waals surface area contributed by atoms with E-state index in [1.54, 1.807) is 36.6 Å². The number of nitrogens with zero attached hydrogens (tertiary/aromatic N) is 3. The van der Waals surface area contributed by atoms with Gasteiger partial charge in [-0.1, -0.05) is 5.16 Å². The Hall–Kier alpha value is -3.09. The van der Waals surface area contributed by atoms with Gasteiger partial charge in [-0.15, -0.1) is 11.3 Å². The third-order valence-electron chi connectivity index (χ3n) is 5.18. The van der Waals surface area contributed by atoms with Gasteiger partial charge in [0.2, 0.25) is 23.5 Å². The van der Waals surface area contributed by atoms with E-state index in [1.165, 1.54) is 17.3 Å². The fourth-order valence-electron chi connectivity index (χ4n) is 3.57. The van der Waals surface area contributed by atoms with E-state index in [2.05, 4.69) is 20.8 Å². The number of piperidine rings is 1. The van der Waals surface area contributed by atoms with Gasteiger partial charge in [0.15, 0.2) is 0 Å². The van der Waals surface area contributed by atoms with E-state index < -0.39 is 15.9 Å². The van der Waals surface area contributed by atoms with Gasteiger partial charge < -0.3 is 15.2 Å². The van der Waals surface area contributed by atoms with Gasteiger partial charge in [0, 0.05) is 49.3 Å². The smallest absolute Gasteiger partial charge is 0.252 e. The maximum Gasteiger partial charge on any atom is 0.252 e. The number of sulfonamides is 1. The van der Waals surface area contributed by atoms with Crippen LogP contribution in [-0.4, -0.2) is 47.8 Å². The third-order valence-corrected chi connectivity index (χ3v) is 8.46. The zero-order valence-corrected chi connectivity index (χ0v) is 19.7. The minimum atomic E-state index is -3.75. The molecule has 2 amide bonds. The SMILES string of the molecule is CC(=O)Nc1ccc(NC(=O)[C@@H]2CCCN(S(=O)(=O)c3cc(-c4noc(C)n4)cs3)C2)cc1. The Labute approximate surface area is 195 Å². The lowest BCUT2D eigenvalue weighted by atomic mass is 9.98. The van der Waals surface area contributed by atoms with Gasteiger partial charge in [0.05, 0.1) is 5.92 Å². The van der Waals surface area contributed by atoms with E-state index >= 15 is 0 Å². The maximum atomic E-state index is 13.2. The quantitative estimate of drug-likeness (QED) is 0.543. The molecular weight excluding hydrogens is 466 g/mol. The van der Waals surface area contributed by atoms with Crippen molar-refractivity contribution in [3.05, 3.63) is 41.6 Å². The highest BCUT2D eigenvalue weighted by Gasteiger charge is 2.34. The van der Waals surface area contributed by atoms with Crippen LogP contribution in [0, 0.1) is 12.8 Å². The predicted octanol–water partition coefficient (Wildman–Crippen LogP) is 3.10. The van der Waals surface area contributed by atoms with Crippen molar-refractivity contribution in [1.82, 2.24) is 14.4 Å². The number of hydrogen-bond acceptors (Lipinski definition) is 8. The number of anilines is 2. The van der Waals surface area contributed by atoms with Crippen molar-refractivity contribution in [2.24, 2.45) is 5.92 Å². The van der Waals surface area contributed by atoms with Gasteiger partial charge in [-0.2, -0.15) is 9.29 Å². The first-order chi connectivity index (χ1) is 15.7. The fraction of sp³-hybridized carbons (Fsp3) is 0.333. The fourth-order valence-corrected chi connectivity index (χ4v) is 6.41. The summed E-state index contributed by atoms with van der Waals surface area (Å²) in [6.07, 6.45) is 1.18. The zero-order chi connectivity index (χ0) is 23.6. The van der Waals surface area contributed by atoms with Crippen molar-refractivity contribution in [1.29, 1.82) is 0 Å². The molecule has 2 aromatic heterocycles.